The van der Waals surface area contributed by atoms with E-state index in [9.17, 15) is 14.7 Å². The Bertz CT molecular complexity index is 1310. The van der Waals surface area contributed by atoms with Gasteiger partial charge in [0.25, 0.3) is 0 Å². The molecule has 0 atom stereocenters. The Balaban J connectivity index is 1.73. The molecule has 0 radical (unpaired) electrons. The number of benzene rings is 2. The molecule has 0 spiro atoms. The lowest BCUT2D eigenvalue weighted by Crippen LogP contribution is -2.06. The number of aliphatic carboxylic acids is 1. The summed E-state index contributed by atoms with van der Waals surface area (Å²) < 4.78 is 8.28. The molecule has 0 aliphatic rings. The molecule has 0 saturated carbocycles. The molecular formula is C25H21NO5S. The molecule has 2 aromatic heterocycles. The molecule has 0 fully saturated rings. The number of thiophene rings is 1. The Morgan fingerprint density at radius 2 is 1.69 bits per heavy atom. The van der Waals surface area contributed by atoms with E-state index in [2.05, 4.69) is 0 Å². The van der Waals surface area contributed by atoms with E-state index in [-0.39, 0.29) is 11.8 Å². The van der Waals surface area contributed by atoms with Gasteiger partial charge in [0.15, 0.2) is 0 Å². The lowest BCUT2D eigenvalue weighted by atomic mass is 10.1. The minimum absolute atomic E-state index is 0.102. The van der Waals surface area contributed by atoms with Crippen molar-refractivity contribution < 1.29 is 24.5 Å². The van der Waals surface area contributed by atoms with Gasteiger partial charge in [-0.05, 0) is 79.6 Å². The third kappa shape index (κ3) is 4.43. The van der Waals surface area contributed by atoms with Crippen LogP contribution in [0.4, 0.5) is 0 Å². The zero-order chi connectivity index (χ0) is 22.8. The third-order valence-electron chi connectivity index (χ3n) is 4.79. The Morgan fingerprint density at radius 3 is 2.28 bits per heavy atom. The Hall–Kier alpha value is -3.84. The Morgan fingerprint density at radius 1 is 1.00 bits per heavy atom. The van der Waals surface area contributed by atoms with E-state index in [1.54, 1.807) is 34.9 Å². The van der Waals surface area contributed by atoms with E-state index < -0.39 is 11.9 Å². The monoisotopic (exact) mass is 447 g/mol. The molecule has 2 heterocycles. The molecule has 162 valence electrons. The number of hydrogen-bond donors (Lipinski definition) is 2. The van der Waals surface area contributed by atoms with Crippen LogP contribution in [-0.2, 0) is 4.79 Å². The van der Waals surface area contributed by atoms with E-state index in [1.807, 2.05) is 44.2 Å². The maximum absolute atomic E-state index is 11.9. The summed E-state index contributed by atoms with van der Waals surface area (Å²) in [6.07, 6.45) is 2.66. The maximum Gasteiger partial charge on any atom is 0.352 e. The van der Waals surface area contributed by atoms with Crippen molar-refractivity contribution in [2.24, 2.45) is 0 Å². The normalized spacial score (nSPS) is 11.5. The number of carboxylic acid groups (broad SMARTS) is 2. The van der Waals surface area contributed by atoms with Crippen LogP contribution in [0.1, 0.15) is 29.9 Å². The van der Waals surface area contributed by atoms with Gasteiger partial charge < -0.3 is 19.5 Å². The second kappa shape index (κ2) is 8.72. The summed E-state index contributed by atoms with van der Waals surface area (Å²) in [5, 5.41) is 18.5. The van der Waals surface area contributed by atoms with Crippen molar-refractivity contribution in [2.75, 3.05) is 0 Å². The summed E-state index contributed by atoms with van der Waals surface area (Å²) in [6, 6.07) is 18.6. The highest BCUT2D eigenvalue weighted by atomic mass is 32.1. The highest BCUT2D eigenvalue weighted by molar-refractivity contribution is 7.22. The van der Waals surface area contributed by atoms with Gasteiger partial charge in [0, 0.05) is 16.6 Å². The zero-order valence-corrected chi connectivity index (χ0v) is 18.3. The summed E-state index contributed by atoms with van der Waals surface area (Å²) in [5.74, 6) is -1.23. The number of aromatic carboxylic acids is 1. The Kier molecular flexibility index (Phi) is 5.83. The standard InChI is InChI=1S/C25H21NO5S/c1-15(2)31-19-10-6-17(7-11-19)22-13-20-23(32-22)14-21(25(29)30)26(20)18-8-3-16(4-9-18)5-12-24(27)28/h3-15H,1-2H3,(H,27,28)(H,29,30)/b12-5+. The van der Waals surface area contributed by atoms with Gasteiger partial charge >= 0.3 is 11.9 Å². The summed E-state index contributed by atoms with van der Waals surface area (Å²) in [7, 11) is 0. The SMILES string of the molecule is CC(C)Oc1ccc(-c2cc3c(cc(C(=O)O)n3-c3ccc(/C=C/C(=O)O)cc3)s2)cc1. The van der Waals surface area contributed by atoms with E-state index >= 15 is 0 Å². The number of ether oxygens (including phenoxy) is 1. The molecule has 32 heavy (non-hydrogen) atoms. The van der Waals surface area contributed by atoms with Crippen LogP contribution in [0.25, 0.3) is 32.4 Å². The number of carbonyl (C=O) groups is 2. The molecule has 2 N–H and O–H groups in total. The van der Waals surface area contributed by atoms with Crippen LogP contribution < -0.4 is 4.74 Å². The van der Waals surface area contributed by atoms with Crippen LogP contribution in [0.15, 0.2) is 66.7 Å². The first-order valence-electron chi connectivity index (χ1n) is 9.99. The van der Waals surface area contributed by atoms with Crippen molar-refractivity contribution in [1.82, 2.24) is 4.57 Å². The molecule has 2 aromatic carbocycles. The summed E-state index contributed by atoms with van der Waals surface area (Å²) in [6.45, 7) is 3.96. The summed E-state index contributed by atoms with van der Waals surface area (Å²) in [4.78, 5) is 23.6. The molecule has 0 aliphatic heterocycles. The Labute approximate surface area is 188 Å². The van der Waals surface area contributed by atoms with Gasteiger partial charge in [0.2, 0.25) is 0 Å². The van der Waals surface area contributed by atoms with Crippen LogP contribution in [0, 0.1) is 0 Å². The van der Waals surface area contributed by atoms with Crippen molar-refractivity contribution in [2.45, 2.75) is 20.0 Å². The fourth-order valence-electron chi connectivity index (χ4n) is 3.44. The molecule has 0 amide bonds. The molecule has 4 rings (SSSR count). The van der Waals surface area contributed by atoms with Gasteiger partial charge in [-0.1, -0.05) is 12.1 Å². The number of aromatic nitrogens is 1. The quantitative estimate of drug-likeness (QED) is 0.342. The van der Waals surface area contributed by atoms with Gasteiger partial charge in [-0.2, -0.15) is 0 Å². The molecule has 0 saturated heterocycles. The van der Waals surface area contributed by atoms with E-state index in [0.717, 1.165) is 32.5 Å². The fourth-order valence-corrected chi connectivity index (χ4v) is 4.53. The smallest absolute Gasteiger partial charge is 0.352 e. The van der Waals surface area contributed by atoms with Crippen LogP contribution in [-0.4, -0.2) is 32.8 Å². The van der Waals surface area contributed by atoms with Crippen molar-refractivity contribution >= 4 is 39.6 Å². The maximum atomic E-state index is 11.9. The minimum Gasteiger partial charge on any atom is -0.491 e. The largest absolute Gasteiger partial charge is 0.491 e. The van der Waals surface area contributed by atoms with Crippen molar-refractivity contribution in [1.29, 1.82) is 0 Å². The predicted octanol–water partition coefficient (Wildman–Crippen LogP) is 5.94. The van der Waals surface area contributed by atoms with Crippen LogP contribution in [0.3, 0.4) is 0 Å². The highest BCUT2D eigenvalue weighted by Crippen LogP contribution is 2.37. The fraction of sp³-hybridized carbons (Fsp3) is 0.120. The number of carboxylic acids is 2. The lowest BCUT2D eigenvalue weighted by Gasteiger charge is -2.10. The van der Waals surface area contributed by atoms with Gasteiger partial charge in [0.05, 0.1) is 16.3 Å². The molecule has 7 heteroatoms. The van der Waals surface area contributed by atoms with Crippen LogP contribution >= 0.6 is 11.3 Å². The van der Waals surface area contributed by atoms with E-state index in [1.165, 1.54) is 17.4 Å². The van der Waals surface area contributed by atoms with Crippen molar-refractivity contribution in [3.8, 4) is 21.9 Å². The first kappa shape index (κ1) is 21.4. The average molecular weight is 448 g/mol. The highest BCUT2D eigenvalue weighted by Gasteiger charge is 2.19. The van der Waals surface area contributed by atoms with Crippen molar-refractivity contribution in [3.63, 3.8) is 0 Å². The number of rotatable bonds is 7. The minimum atomic E-state index is -1.02. The first-order chi connectivity index (χ1) is 15.3. The van der Waals surface area contributed by atoms with Gasteiger partial charge in [0.1, 0.15) is 11.4 Å². The first-order valence-corrected chi connectivity index (χ1v) is 10.8. The third-order valence-corrected chi connectivity index (χ3v) is 5.91. The second-order valence-electron chi connectivity index (χ2n) is 7.48. The number of nitrogens with zero attached hydrogens (tertiary/aromatic N) is 1. The van der Waals surface area contributed by atoms with Crippen molar-refractivity contribution in [3.05, 3.63) is 78.0 Å². The summed E-state index contributed by atoms with van der Waals surface area (Å²) in [5.41, 5.74) is 3.41. The lowest BCUT2D eigenvalue weighted by molar-refractivity contribution is -0.131. The zero-order valence-electron chi connectivity index (χ0n) is 17.5. The molecule has 0 bridgehead atoms. The summed E-state index contributed by atoms with van der Waals surface area (Å²) >= 11 is 1.53. The molecule has 0 unspecified atom stereocenters. The molecule has 6 nitrogen and oxygen atoms in total. The van der Waals surface area contributed by atoms with E-state index in [4.69, 9.17) is 9.84 Å². The van der Waals surface area contributed by atoms with Crippen LogP contribution in [0.5, 0.6) is 5.75 Å². The number of fused-ring (bicyclic) bond motifs is 1. The van der Waals surface area contributed by atoms with E-state index in [0.29, 0.717) is 11.3 Å². The topological polar surface area (TPSA) is 88.8 Å². The second-order valence-corrected chi connectivity index (χ2v) is 8.57. The molecule has 4 aromatic rings. The van der Waals surface area contributed by atoms with Crippen LogP contribution in [0.2, 0.25) is 0 Å². The number of hydrogen-bond acceptors (Lipinski definition) is 4. The molecular weight excluding hydrogens is 426 g/mol. The average Bonchev–Trinajstić information content (AvgIpc) is 3.31. The van der Waals surface area contributed by atoms with Gasteiger partial charge in [-0.15, -0.1) is 11.3 Å². The van der Waals surface area contributed by atoms with Gasteiger partial charge in [-0.3, -0.25) is 0 Å². The molecule has 0 aliphatic carbocycles. The predicted molar refractivity (Wildman–Crippen MR) is 126 cm³/mol. The van der Waals surface area contributed by atoms with Gasteiger partial charge in [-0.25, -0.2) is 9.59 Å².